The van der Waals surface area contributed by atoms with Crippen molar-refractivity contribution in [2.45, 2.75) is 46.3 Å². The summed E-state index contributed by atoms with van der Waals surface area (Å²) >= 11 is 0. The number of aliphatic hydroxyl groups excluding tert-OH is 1. The van der Waals surface area contributed by atoms with E-state index in [1.807, 2.05) is 43.8 Å². The topological polar surface area (TPSA) is 63.8 Å². The number of rotatable bonds is 5. The molecule has 0 aliphatic rings. The molecule has 20 heavy (non-hydrogen) atoms. The highest BCUT2D eigenvalue weighted by atomic mass is 16.3. The van der Waals surface area contributed by atoms with Crippen molar-refractivity contribution in [1.29, 1.82) is 0 Å². The molecule has 108 valence electrons. The minimum Gasteiger partial charge on any atom is -0.392 e. The Morgan fingerprint density at radius 2 is 1.95 bits per heavy atom. The van der Waals surface area contributed by atoms with Crippen LogP contribution in [0.4, 0.5) is 0 Å². The molecule has 5 heteroatoms. The fourth-order valence-electron chi connectivity index (χ4n) is 1.84. The highest BCUT2D eigenvalue weighted by Crippen LogP contribution is 2.21. The molecular formula is C15H22N4O. The first-order chi connectivity index (χ1) is 9.45. The molecule has 0 aromatic carbocycles. The lowest BCUT2D eigenvalue weighted by Crippen LogP contribution is -2.28. The number of aliphatic hydroxyl groups is 1. The van der Waals surface area contributed by atoms with Crippen LogP contribution in [0.15, 0.2) is 30.7 Å². The molecule has 0 saturated carbocycles. The average molecular weight is 274 g/mol. The number of pyridine rings is 1. The molecule has 0 spiro atoms. The summed E-state index contributed by atoms with van der Waals surface area (Å²) in [7, 11) is 0. The summed E-state index contributed by atoms with van der Waals surface area (Å²) in [6.07, 6.45) is 6.53. The fraction of sp³-hybridized carbons (Fsp3) is 0.533. The number of hydrogen-bond donors (Lipinski definition) is 1. The van der Waals surface area contributed by atoms with E-state index in [2.05, 4.69) is 15.3 Å². The van der Waals surface area contributed by atoms with Gasteiger partial charge in [-0.2, -0.15) is 0 Å². The molecule has 2 aromatic heterocycles. The van der Waals surface area contributed by atoms with E-state index in [9.17, 15) is 5.11 Å². The maximum atomic E-state index is 10.1. The second-order valence-corrected chi connectivity index (χ2v) is 6.16. The number of aromatic nitrogens is 4. The zero-order valence-electron chi connectivity index (χ0n) is 12.3. The van der Waals surface area contributed by atoms with E-state index in [0.29, 0.717) is 6.42 Å². The van der Waals surface area contributed by atoms with Crippen LogP contribution in [0.1, 0.15) is 32.0 Å². The van der Waals surface area contributed by atoms with E-state index in [0.717, 1.165) is 18.7 Å². The molecule has 2 aromatic rings. The van der Waals surface area contributed by atoms with E-state index in [1.165, 1.54) is 5.56 Å². The van der Waals surface area contributed by atoms with E-state index < -0.39 is 6.10 Å². The molecule has 1 unspecified atom stereocenters. The van der Waals surface area contributed by atoms with Crippen LogP contribution in [-0.2, 0) is 19.4 Å². The Bertz CT molecular complexity index is 530. The highest BCUT2D eigenvalue weighted by molar-refractivity contribution is 5.09. The molecule has 1 N–H and O–H groups in total. The zero-order valence-corrected chi connectivity index (χ0v) is 12.3. The normalized spacial score (nSPS) is 13.4. The van der Waals surface area contributed by atoms with Crippen molar-refractivity contribution >= 4 is 0 Å². The molecule has 0 aliphatic carbocycles. The van der Waals surface area contributed by atoms with Gasteiger partial charge in [0.15, 0.2) is 0 Å². The molecule has 0 radical (unpaired) electrons. The maximum absolute atomic E-state index is 10.1. The summed E-state index contributed by atoms with van der Waals surface area (Å²) in [4.78, 5) is 4.00. The van der Waals surface area contributed by atoms with Gasteiger partial charge in [0.2, 0.25) is 0 Å². The Labute approximate surface area is 119 Å². The van der Waals surface area contributed by atoms with Gasteiger partial charge in [0, 0.05) is 31.6 Å². The predicted molar refractivity (Wildman–Crippen MR) is 77.1 cm³/mol. The summed E-state index contributed by atoms with van der Waals surface area (Å²) in [5, 5.41) is 18.3. The van der Waals surface area contributed by atoms with Crippen molar-refractivity contribution in [2.75, 3.05) is 0 Å². The quantitative estimate of drug-likeness (QED) is 0.904. The number of hydrogen-bond acceptors (Lipinski definition) is 4. The number of nitrogens with zero attached hydrogens (tertiary/aromatic N) is 4. The van der Waals surface area contributed by atoms with Crippen LogP contribution in [0.2, 0.25) is 0 Å². The standard InChI is InChI=1S/C15H22N4O/c1-15(2,3)14(20)10-13-11-19(18-17-13)9-6-12-4-7-16-8-5-12/h4-5,7-8,11,14,20H,6,9-10H2,1-3H3. The first-order valence-electron chi connectivity index (χ1n) is 6.91. The molecule has 0 amide bonds. The van der Waals surface area contributed by atoms with Gasteiger partial charge in [0.05, 0.1) is 11.8 Å². The van der Waals surface area contributed by atoms with Gasteiger partial charge >= 0.3 is 0 Å². The van der Waals surface area contributed by atoms with Crippen molar-refractivity contribution in [2.24, 2.45) is 5.41 Å². The fourth-order valence-corrected chi connectivity index (χ4v) is 1.84. The van der Waals surface area contributed by atoms with Gasteiger partial charge in [0.1, 0.15) is 0 Å². The van der Waals surface area contributed by atoms with Gasteiger partial charge in [0.25, 0.3) is 0 Å². The summed E-state index contributed by atoms with van der Waals surface area (Å²) in [6, 6.07) is 4.00. The van der Waals surface area contributed by atoms with Crippen LogP contribution >= 0.6 is 0 Å². The van der Waals surface area contributed by atoms with Crippen LogP contribution in [0.5, 0.6) is 0 Å². The lowest BCUT2D eigenvalue weighted by molar-refractivity contribution is 0.0627. The lowest BCUT2D eigenvalue weighted by atomic mass is 9.87. The predicted octanol–water partition coefficient (Wildman–Crippen LogP) is 1.87. The Morgan fingerprint density at radius 3 is 2.60 bits per heavy atom. The van der Waals surface area contributed by atoms with Crippen molar-refractivity contribution in [3.63, 3.8) is 0 Å². The van der Waals surface area contributed by atoms with Gasteiger partial charge in [-0.15, -0.1) is 5.10 Å². The third-order valence-corrected chi connectivity index (χ3v) is 3.37. The molecule has 0 bridgehead atoms. The van der Waals surface area contributed by atoms with Crippen molar-refractivity contribution in [3.05, 3.63) is 42.0 Å². The van der Waals surface area contributed by atoms with Crippen LogP contribution < -0.4 is 0 Å². The van der Waals surface area contributed by atoms with Gasteiger partial charge in [-0.05, 0) is 29.5 Å². The third-order valence-electron chi connectivity index (χ3n) is 3.37. The molecule has 5 nitrogen and oxygen atoms in total. The van der Waals surface area contributed by atoms with Gasteiger partial charge < -0.3 is 5.11 Å². The van der Waals surface area contributed by atoms with Crippen molar-refractivity contribution in [1.82, 2.24) is 20.0 Å². The minimum absolute atomic E-state index is 0.138. The number of aryl methyl sites for hydroxylation is 2. The van der Waals surface area contributed by atoms with Crippen LogP contribution in [0.3, 0.4) is 0 Å². The Balaban J connectivity index is 1.89. The molecule has 2 heterocycles. The summed E-state index contributed by atoms with van der Waals surface area (Å²) < 4.78 is 1.82. The van der Waals surface area contributed by atoms with Crippen molar-refractivity contribution < 1.29 is 5.11 Å². The van der Waals surface area contributed by atoms with Gasteiger partial charge in [-0.3, -0.25) is 9.67 Å². The third kappa shape index (κ3) is 4.13. The summed E-state index contributed by atoms with van der Waals surface area (Å²) in [5.74, 6) is 0. The van der Waals surface area contributed by atoms with Crippen LogP contribution in [0.25, 0.3) is 0 Å². The molecule has 0 fully saturated rings. The van der Waals surface area contributed by atoms with E-state index >= 15 is 0 Å². The maximum Gasteiger partial charge on any atom is 0.0853 e. The monoisotopic (exact) mass is 274 g/mol. The smallest absolute Gasteiger partial charge is 0.0853 e. The lowest BCUT2D eigenvalue weighted by Gasteiger charge is -2.24. The van der Waals surface area contributed by atoms with E-state index in [-0.39, 0.29) is 5.41 Å². The highest BCUT2D eigenvalue weighted by Gasteiger charge is 2.23. The zero-order chi connectivity index (χ0) is 14.6. The Morgan fingerprint density at radius 1 is 1.25 bits per heavy atom. The average Bonchev–Trinajstić information content (AvgIpc) is 2.84. The molecule has 0 saturated heterocycles. The Kier molecular flexibility index (Phi) is 4.49. The first kappa shape index (κ1) is 14.7. The van der Waals surface area contributed by atoms with Crippen LogP contribution in [-0.4, -0.2) is 31.2 Å². The minimum atomic E-state index is -0.409. The van der Waals surface area contributed by atoms with Gasteiger partial charge in [-0.1, -0.05) is 26.0 Å². The molecule has 0 aliphatic heterocycles. The molecule has 1 atom stereocenters. The second-order valence-electron chi connectivity index (χ2n) is 6.16. The Hall–Kier alpha value is -1.75. The SMILES string of the molecule is CC(C)(C)C(O)Cc1cn(CCc2ccncc2)nn1. The summed E-state index contributed by atoms with van der Waals surface area (Å²) in [5.41, 5.74) is 1.93. The second kappa shape index (κ2) is 6.13. The van der Waals surface area contributed by atoms with Crippen molar-refractivity contribution in [3.8, 4) is 0 Å². The largest absolute Gasteiger partial charge is 0.392 e. The summed E-state index contributed by atoms with van der Waals surface area (Å²) in [6.45, 7) is 6.84. The van der Waals surface area contributed by atoms with E-state index in [4.69, 9.17) is 0 Å². The molecular weight excluding hydrogens is 252 g/mol. The molecule has 2 rings (SSSR count). The van der Waals surface area contributed by atoms with Gasteiger partial charge in [-0.25, -0.2) is 0 Å². The first-order valence-corrected chi connectivity index (χ1v) is 6.91. The van der Waals surface area contributed by atoms with E-state index in [1.54, 1.807) is 12.4 Å². The van der Waals surface area contributed by atoms with Crippen LogP contribution in [0, 0.1) is 5.41 Å².